The standard InChI is InChI=1S/C22H34N2O3/c1-26-22-6-4-20(5-7-22)24-10-8-23(9-11-24)14-21(25)16-27-15-19-13-17-2-3-18(19)12-17/h4-7,17-19,21,25H,2-3,8-16H2,1H3/t17-,18-,19-,21+/m1/s1. The van der Waals surface area contributed by atoms with Crippen LogP contribution in [-0.4, -0.2) is 69.2 Å². The molecule has 0 aromatic heterocycles. The van der Waals surface area contributed by atoms with Crippen LogP contribution in [0.4, 0.5) is 5.69 Å². The fourth-order valence-corrected chi connectivity index (χ4v) is 5.27. The normalized spacial score (nSPS) is 29.3. The monoisotopic (exact) mass is 374 g/mol. The number of anilines is 1. The number of aliphatic hydroxyl groups excluding tert-OH is 1. The molecular weight excluding hydrogens is 340 g/mol. The highest BCUT2D eigenvalue weighted by molar-refractivity contribution is 5.49. The van der Waals surface area contributed by atoms with Gasteiger partial charge in [-0.2, -0.15) is 0 Å². The summed E-state index contributed by atoms with van der Waals surface area (Å²) in [6.07, 6.45) is 5.24. The summed E-state index contributed by atoms with van der Waals surface area (Å²) in [5.74, 6) is 3.52. The number of β-amino-alcohol motifs (C(OH)–C–C–N with tert-alkyl or cyclic N) is 1. The zero-order chi connectivity index (χ0) is 18.6. The molecule has 3 aliphatic rings. The molecular formula is C22H34N2O3. The minimum atomic E-state index is -0.379. The predicted octanol–water partition coefficient (Wildman–Crippen LogP) is 2.63. The number of rotatable bonds is 8. The van der Waals surface area contributed by atoms with Gasteiger partial charge in [0.1, 0.15) is 5.75 Å². The number of methoxy groups -OCH3 is 1. The molecule has 27 heavy (non-hydrogen) atoms. The largest absolute Gasteiger partial charge is 0.497 e. The summed E-state index contributed by atoms with van der Waals surface area (Å²) in [5.41, 5.74) is 1.24. The lowest BCUT2D eigenvalue weighted by atomic mass is 9.90. The third-order valence-corrected chi connectivity index (χ3v) is 6.81. The Balaban J connectivity index is 1.13. The highest BCUT2D eigenvalue weighted by Crippen LogP contribution is 2.48. The van der Waals surface area contributed by atoms with Gasteiger partial charge in [0.25, 0.3) is 0 Å². The lowest BCUT2D eigenvalue weighted by Gasteiger charge is -2.37. The summed E-state index contributed by atoms with van der Waals surface area (Å²) in [7, 11) is 1.70. The van der Waals surface area contributed by atoms with E-state index in [-0.39, 0.29) is 6.10 Å². The quantitative estimate of drug-likeness (QED) is 0.758. The van der Waals surface area contributed by atoms with Crippen LogP contribution in [0.25, 0.3) is 0 Å². The van der Waals surface area contributed by atoms with Crippen LogP contribution in [0.15, 0.2) is 24.3 Å². The van der Waals surface area contributed by atoms with Gasteiger partial charge in [-0.1, -0.05) is 6.42 Å². The Morgan fingerprint density at radius 2 is 1.85 bits per heavy atom. The van der Waals surface area contributed by atoms with Crippen LogP contribution in [0.2, 0.25) is 0 Å². The molecule has 1 aliphatic heterocycles. The first kappa shape index (κ1) is 19.0. The van der Waals surface area contributed by atoms with Crippen LogP contribution >= 0.6 is 0 Å². The van der Waals surface area contributed by atoms with Gasteiger partial charge in [0.15, 0.2) is 0 Å². The van der Waals surface area contributed by atoms with Gasteiger partial charge in [-0.3, -0.25) is 4.90 Å². The zero-order valence-corrected chi connectivity index (χ0v) is 16.6. The second kappa shape index (κ2) is 8.80. The molecule has 1 N–H and O–H groups in total. The van der Waals surface area contributed by atoms with Gasteiger partial charge in [0, 0.05) is 45.0 Å². The van der Waals surface area contributed by atoms with E-state index in [1.54, 1.807) is 7.11 Å². The molecule has 1 aromatic carbocycles. The van der Waals surface area contributed by atoms with Crippen molar-refractivity contribution in [2.24, 2.45) is 17.8 Å². The first-order valence-electron chi connectivity index (χ1n) is 10.6. The fourth-order valence-electron chi connectivity index (χ4n) is 5.27. The number of ether oxygens (including phenoxy) is 2. The third-order valence-electron chi connectivity index (χ3n) is 6.81. The van der Waals surface area contributed by atoms with E-state index in [0.717, 1.165) is 56.3 Å². The number of aliphatic hydroxyl groups is 1. The summed E-state index contributed by atoms with van der Waals surface area (Å²) in [4.78, 5) is 4.75. The smallest absolute Gasteiger partial charge is 0.119 e. The zero-order valence-electron chi connectivity index (χ0n) is 16.6. The van der Waals surface area contributed by atoms with Crippen molar-refractivity contribution < 1.29 is 14.6 Å². The SMILES string of the molecule is COc1ccc(N2CCN(C[C@H](O)COC[C@H]3C[C@@H]4CC[C@@H]3C4)CC2)cc1. The van der Waals surface area contributed by atoms with Crippen LogP contribution in [0.5, 0.6) is 5.75 Å². The Morgan fingerprint density at radius 1 is 1.07 bits per heavy atom. The average Bonchev–Trinajstić information content (AvgIpc) is 3.32. The van der Waals surface area contributed by atoms with E-state index < -0.39 is 0 Å². The van der Waals surface area contributed by atoms with Crippen LogP contribution < -0.4 is 9.64 Å². The highest BCUT2D eigenvalue weighted by Gasteiger charge is 2.39. The van der Waals surface area contributed by atoms with E-state index in [1.165, 1.54) is 31.4 Å². The molecule has 150 valence electrons. The van der Waals surface area contributed by atoms with Crippen molar-refractivity contribution >= 4 is 5.69 Å². The summed E-state index contributed by atoms with van der Waals surface area (Å²) in [5, 5.41) is 10.4. The molecule has 4 atom stereocenters. The maximum atomic E-state index is 10.4. The topological polar surface area (TPSA) is 45.2 Å². The molecule has 5 heteroatoms. The maximum Gasteiger partial charge on any atom is 0.119 e. The van der Waals surface area contributed by atoms with Crippen molar-refractivity contribution in [3.63, 3.8) is 0 Å². The van der Waals surface area contributed by atoms with Gasteiger partial charge in [0.05, 0.1) is 19.8 Å². The molecule has 1 aromatic rings. The first-order valence-corrected chi connectivity index (χ1v) is 10.6. The van der Waals surface area contributed by atoms with Crippen molar-refractivity contribution in [2.75, 3.05) is 57.9 Å². The predicted molar refractivity (Wildman–Crippen MR) is 107 cm³/mol. The molecule has 2 aliphatic carbocycles. The molecule has 0 radical (unpaired) electrons. The number of nitrogens with zero attached hydrogens (tertiary/aromatic N) is 2. The lowest BCUT2D eigenvalue weighted by molar-refractivity contribution is -0.00274. The highest BCUT2D eigenvalue weighted by atomic mass is 16.5. The number of fused-ring (bicyclic) bond motifs is 2. The Morgan fingerprint density at radius 3 is 2.48 bits per heavy atom. The summed E-state index contributed by atoms with van der Waals surface area (Å²) >= 11 is 0. The van der Waals surface area contributed by atoms with Crippen molar-refractivity contribution in [1.29, 1.82) is 0 Å². The second-order valence-corrected chi connectivity index (χ2v) is 8.61. The molecule has 2 saturated carbocycles. The van der Waals surface area contributed by atoms with E-state index in [0.29, 0.717) is 13.2 Å². The molecule has 3 fully saturated rings. The summed E-state index contributed by atoms with van der Waals surface area (Å²) < 4.78 is 11.1. The van der Waals surface area contributed by atoms with Crippen LogP contribution in [0, 0.1) is 17.8 Å². The van der Waals surface area contributed by atoms with Gasteiger partial charge < -0.3 is 19.5 Å². The maximum absolute atomic E-state index is 10.4. The molecule has 4 rings (SSSR count). The average molecular weight is 375 g/mol. The number of benzene rings is 1. The van der Waals surface area contributed by atoms with Crippen molar-refractivity contribution in [3.05, 3.63) is 24.3 Å². The molecule has 0 amide bonds. The van der Waals surface area contributed by atoms with Crippen molar-refractivity contribution in [2.45, 2.75) is 31.8 Å². The van der Waals surface area contributed by atoms with E-state index in [4.69, 9.17) is 9.47 Å². The lowest BCUT2D eigenvalue weighted by Crippen LogP contribution is -2.49. The minimum absolute atomic E-state index is 0.379. The van der Waals surface area contributed by atoms with Crippen molar-refractivity contribution in [1.82, 2.24) is 4.90 Å². The van der Waals surface area contributed by atoms with E-state index >= 15 is 0 Å². The van der Waals surface area contributed by atoms with Gasteiger partial charge in [-0.05, 0) is 61.3 Å². The Labute approximate surface area is 163 Å². The van der Waals surface area contributed by atoms with Gasteiger partial charge in [-0.15, -0.1) is 0 Å². The summed E-state index contributed by atoms with van der Waals surface area (Å²) in [6.45, 7) is 5.99. The van der Waals surface area contributed by atoms with Crippen LogP contribution in [-0.2, 0) is 4.74 Å². The van der Waals surface area contributed by atoms with Gasteiger partial charge in [-0.25, -0.2) is 0 Å². The molecule has 0 unspecified atom stereocenters. The molecule has 5 nitrogen and oxygen atoms in total. The summed E-state index contributed by atoms with van der Waals surface area (Å²) in [6, 6.07) is 8.26. The Bertz CT molecular complexity index is 586. The number of hydrogen-bond acceptors (Lipinski definition) is 5. The number of piperazine rings is 1. The van der Waals surface area contributed by atoms with E-state index in [9.17, 15) is 5.11 Å². The van der Waals surface area contributed by atoms with Crippen LogP contribution in [0.3, 0.4) is 0 Å². The van der Waals surface area contributed by atoms with Gasteiger partial charge in [0.2, 0.25) is 0 Å². The molecule has 1 heterocycles. The Hall–Kier alpha value is -1.30. The van der Waals surface area contributed by atoms with Crippen LogP contribution in [0.1, 0.15) is 25.7 Å². The van der Waals surface area contributed by atoms with E-state index in [1.807, 2.05) is 12.1 Å². The number of hydrogen-bond donors (Lipinski definition) is 1. The Kier molecular flexibility index (Phi) is 6.21. The molecule has 1 saturated heterocycles. The molecule has 0 spiro atoms. The van der Waals surface area contributed by atoms with Crippen molar-refractivity contribution in [3.8, 4) is 5.75 Å². The minimum Gasteiger partial charge on any atom is -0.497 e. The first-order chi connectivity index (χ1) is 13.2. The van der Waals surface area contributed by atoms with E-state index in [2.05, 4.69) is 21.9 Å². The second-order valence-electron chi connectivity index (χ2n) is 8.61. The molecule has 2 bridgehead atoms. The van der Waals surface area contributed by atoms with Gasteiger partial charge >= 0.3 is 0 Å². The third kappa shape index (κ3) is 4.76. The fraction of sp³-hybridized carbons (Fsp3) is 0.727.